The molecule has 0 spiro atoms. The van der Waals surface area contributed by atoms with Crippen LogP contribution < -0.4 is 5.32 Å². The van der Waals surface area contributed by atoms with Gasteiger partial charge in [0.1, 0.15) is 0 Å². The van der Waals surface area contributed by atoms with E-state index in [0.29, 0.717) is 25.1 Å². The van der Waals surface area contributed by atoms with Gasteiger partial charge in [-0.1, -0.05) is 37.3 Å². The largest absolute Gasteiger partial charge is 0.383 e. The summed E-state index contributed by atoms with van der Waals surface area (Å²) in [4.78, 5) is 14.6. The van der Waals surface area contributed by atoms with Gasteiger partial charge in [-0.15, -0.1) is 0 Å². The molecule has 0 aliphatic carbocycles. The molecule has 2 rings (SSSR count). The smallest absolute Gasteiger partial charge is 0.236 e. The first-order chi connectivity index (χ1) is 10.8. The molecule has 122 valence electrons. The van der Waals surface area contributed by atoms with Crippen LogP contribution in [0, 0.1) is 0 Å². The normalized spacial score (nSPS) is 19.4. The van der Waals surface area contributed by atoms with E-state index in [0.717, 1.165) is 32.4 Å². The molecule has 2 unspecified atom stereocenters. The van der Waals surface area contributed by atoms with Crippen LogP contribution in [0.15, 0.2) is 30.3 Å². The van der Waals surface area contributed by atoms with Gasteiger partial charge in [0.2, 0.25) is 5.91 Å². The fourth-order valence-corrected chi connectivity index (χ4v) is 3.42. The first kappa shape index (κ1) is 17.0. The quantitative estimate of drug-likeness (QED) is 0.750. The van der Waals surface area contributed by atoms with Crippen molar-refractivity contribution in [2.24, 2.45) is 0 Å². The van der Waals surface area contributed by atoms with Gasteiger partial charge in [0.05, 0.1) is 13.2 Å². The van der Waals surface area contributed by atoms with E-state index in [1.54, 1.807) is 7.11 Å². The zero-order valence-electron chi connectivity index (χ0n) is 13.8. The van der Waals surface area contributed by atoms with Gasteiger partial charge >= 0.3 is 0 Å². The van der Waals surface area contributed by atoms with Crippen LogP contribution >= 0.6 is 0 Å². The van der Waals surface area contributed by atoms with E-state index in [1.165, 1.54) is 5.56 Å². The van der Waals surface area contributed by atoms with Crippen molar-refractivity contribution in [1.82, 2.24) is 10.2 Å². The van der Waals surface area contributed by atoms with E-state index < -0.39 is 0 Å². The molecule has 1 fully saturated rings. The molecule has 2 atom stereocenters. The summed E-state index contributed by atoms with van der Waals surface area (Å²) in [7, 11) is 1.67. The molecule has 0 aromatic heterocycles. The number of carbonyl (C=O) groups excluding carboxylic acids is 1. The fourth-order valence-electron chi connectivity index (χ4n) is 3.42. The van der Waals surface area contributed by atoms with Crippen molar-refractivity contribution in [3.05, 3.63) is 35.9 Å². The average molecular weight is 304 g/mol. The second kappa shape index (κ2) is 8.91. The SMILES string of the molecule is CCC(c1ccccc1)C1CCCN1C(=O)CNCCOC. The monoisotopic (exact) mass is 304 g/mol. The van der Waals surface area contributed by atoms with Gasteiger partial charge < -0.3 is 15.0 Å². The van der Waals surface area contributed by atoms with Crippen LogP contribution in [-0.4, -0.2) is 50.2 Å². The van der Waals surface area contributed by atoms with Gasteiger partial charge in [-0.05, 0) is 24.8 Å². The fraction of sp³-hybridized carbons (Fsp3) is 0.611. The summed E-state index contributed by atoms with van der Waals surface area (Å²) in [6.07, 6.45) is 3.28. The maximum atomic E-state index is 12.5. The molecule has 1 saturated heterocycles. The summed E-state index contributed by atoms with van der Waals surface area (Å²) in [5.74, 6) is 0.652. The minimum atomic E-state index is 0.216. The van der Waals surface area contributed by atoms with Crippen molar-refractivity contribution in [2.45, 2.75) is 38.1 Å². The molecule has 0 radical (unpaired) electrons. The number of carbonyl (C=O) groups is 1. The predicted molar refractivity (Wildman–Crippen MR) is 89.0 cm³/mol. The summed E-state index contributed by atoms with van der Waals surface area (Å²) in [6, 6.07) is 10.9. The molecular formula is C18H28N2O2. The Kier molecular flexibility index (Phi) is 6.87. The predicted octanol–water partition coefficient (Wildman–Crippen LogP) is 2.41. The van der Waals surface area contributed by atoms with E-state index in [2.05, 4.69) is 41.4 Å². The van der Waals surface area contributed by atoms with Gasteiger partial charge in [0.15, 0.2) is 0 Å². The summed E-state index contributed by atoms with van der Waals surface area (Å²) < 4.78 is 5.00. The van der Waals surface area contributed by atoms with Gasteiger partial charge in [-0.25, -0.2) is 0 Å². The molecule has 0 saturated carbocycles. The van der Waals surface area contributed by atoms with Crippen molar-refractivity contribution >= 4 is 5.91 Å². The van der Waals surface area contributed by atoms with Crippen molar-refractivity contribution in [2.75, 3.05) is 33.4 Å². The lowest BCUT2D eigenvalue weighted by molar-refractivity contribution is -0.131. The minimum Gasteiger partial charge on any atom is -0.383 e. The van der Waals surface area contributed by atoms with Crippen molar-refractivity contribution in [3.8, 4) is 0 Å². The third-order valence-electron chi connectivity index (χ3n) is 4.51. The topological polar surface area (TPSA) is 41.6 Å². The Morgan fingerprint density at radius 2 is 2.18 bits per heavy atom. The van der Waals surface area contributed by atoms with E-state index in [9.17, 15) is 4.79 Å². The Bertz CT molecular complexity index is 450. The first-order valence-electron chi connectivity index (χ1n) is 8.32. The highest BCUT2D eigenvalue weighted by molar-refractivity contribution is 5.79. The molecule has 1 heterocycles. The van der Waals surface area contributed by atoms with E-state index in [4.69, 9.17) is 4.74 Å². The molecule has 1 aliphatic heterocycles. The Morgan fingerprint density at radius 1 is 1.41 bits per heavy atom. The zero-order chi connectivity index (χ0) is 15.8. The lowest BCUT2D eigenvalue weighted by Gasteiger charge is -2.32. The number of nitrogens with zero attached hydrogens (tertiary/aromatic N) is 1. The Morgan fingerprint density at radius 3 is 2.86 bits per heavy atom. The number of likely N-dealkylation sites (tertiary alicyclic amines) is 1. The highest BCUT2D eigenvalue weighted by Crippen LogP contribution is 2.33. The maximum Gasteiger partial charge on any atom is 0.236 e. The Hall–Kier alpha value is -1.39. The first-order valence-corrected chi connectivity index (χ1v) is 8.32. The van der Waals surface area contributed by atoms with Gasteiger partial charge in [-0.3, -0.25) is 4.79 Å². The van der Waals surface area contributed by atoms with E-state index >= 15 is 0 Å². The van der Waals surface area contributed by atoms with Crippen LogP contribution in [0.5, 0.6) is 0 Å². The molecule has 0 bridgehead atoms. The third-order valence-corrected chi connectivity index (χ3v) is 4.51. The van der Waals surface area contributed by atoms with Crippen LogP contribution in [0.4, 0.5) is 0 Å². The number of methoxy groups -OCH3 is 1. The molecular weight excluding hydrogens is 276 g/mol. The molecule has 4 nitrogen and oxygen atoms in total. The molecule has 1 aliphatic rings. The van der Waals surface area contributed by atoms with Crippen molar-refractivity contribution in [3.63, 3.8) is 0 Å². The standard InChI is InChI=1S/C18H28N2O2/c1-3-16(15-8-5-4-6-9-15)17-10-7-12-20(17)18(21)14-19-11-13-22-2/h4-6,8-9,16-17,19H,3,7,10-14H2,1-2H3. The molecule has 22 heavy (non-hydrogen) atoms. The number of amides is 1. The van der Waals surface area contributed by atoms with E-state index in [-0.39, 0.29) is 5.91 Å². The highest BCUT2D eigenvalue weighted by Gasteiger charge is 2.34. The second-order valence-electron chi connectivity index (χ2n) is 5.89. The average Bonchev–Trinajstić information content (AvgIpc) is 3.03. The van der Waals surface area contributed by atoms with Crippen LogP contribution in [0.2, 0.25) is 0 Å². The molecule has 4 heteroatoms. The molecule has 1 amide bonds. The summed E-state index contributed by atoms with van der Waals surface area (Å²) in [5, 5.41) is 3.16. The number of hydrogen-bond acceptors (Lipinski definition) is 3. The number of nitrogens with one attached hydrogen (secondary N) is 1. The number of benzene rings is 1. The number of ether oxygens (including phenoxy) is 1. The van der Waals surface area contributed by atoms with Crippen LogP contribution in [0.1, 0.15) is 37.7 Å². The summed E-state index contributed by atoms with van der Waals surface area (Å²) >= 11 is 0. The van der Waals surface area contributed by atoms with Crippen LogP contribution in [0.3, 0.4) is 0 Å². The zero-order valence-corrected chi connectivity index (χ0v) is 13.8. The lowest BCUT2D eigenvalue weighted by atomic mass is 9.87. The summed E-state index contributed by atoms with van der Waals surface area (Å²) in [5.41, 5.74) is 1.35. The number of hydrogen-bond donors (Lipinski definition) is 1. The number of rotatable bonds is 8. The van der Waals surface area contributed by atoms with Crippen molar-refractivity contribution < 1.29 is 9.53 Å². The molecule has 1 aromatic carbocycles. The van der Waals surface area contributed by atoms with Gasteiger partial charge in [0, 0.05) is 32.2 Å². The minimum absolute atomic E-state index is 0.216. The Labute approximate surface area is 133 Å². The third kappa shape index (κ3) is 4.31. The van der Waals surface area contributed by atoms with Crippen LogP contribution in [-0.2, 0) is 9.53 Å². The van der Waals surface area contributed by atoms with Crippen molar-refractivity contribution in [1.29, 1.82) is 0 Å². The second-order valence-corrected chi connectivity index (χ2v) is 5.89. The molecule has 1 aromatic rings. The van der Waals surface area contributed by atoms with E-state index in [1.807, 2.05) is 6.07 Å². The Balaban J connectivity index is 1.98. The lowest BCUT2D eigenvalue weighted by Crippen LogP contribution is -2.44. The van der Waals surface area contributed by atoms with Crippen LogP contribution in [0.25, 0.3) is 0 Å². The maximum absolute atomic E-state index is 12.5. The van der Waals surface area contributed by atoms with Gasteiger partial charge in [-0.2, -0.15) is 0 Å². The summed E-state index contributed by atoms with van der Waals surface area (Å²) in [6.45, 7) is 4.87. The van der Waals surface area contributed by atoms with Gasteiger partial charge in [0.25, 0.3) is 0 Å². The highest BCUT2D eigenvalue weighted by atomic mass is 16.5. The molecule has 1 N–H and O–H groups in total.